The molecule has 0 saturated heterocycles. The predicted octanol–water partition coefficient (Wildman–Crippen LogP) is 13.8. The van der Waals surface area contributed by atoms with Gasteiger partial charge in [0, 0.05) is 13.0 Å². The van der Waals surface area contributed by atoms with E-state index >= 15 is 0 Å². The number of ether oxygens (including phenoxy) is 2. The number of allylic oxidation sites excluding steroid dienone is 12. The molecule has 50 heavy (non-hydrogen) atoms. The zero-order chi connectivity index (χ0) is 36.3. The molecule has 0 rings (SSSR count). The lowest BCUT2D eigenvalue weighted by Gasteiger charge is -2.15. The summed E-state index contributed by atoms with van der Waals surface area (Å²) >= 11 is 0. The van der Waals surface area contributed by atoms with Crippen molar-refractivity contribution in [3.05, 3.63) is 72.9 Å². The van der Waals surface area contributed by atoms with Crippen LogP contribution in [0.2, 0.25) is 0 Å². The van der Waals surface area contributed by atoms with E-state index in [0.29, 0.717) is 13.0 Å². The number of carbonyl (C=O) groups excluding carboxylic acids is 1. The maximum Gasteiger partial charge on any atom is 0.306 e. The maximum absolute atomic E-state index is 12.2. The van der Waals surface area contributed by atoms with Gasteiger partial charge < -0.3 is 14.6 Å². The van der Waals surface area contributed by atoms with Crippen LogP contribution in [0, 0.1) is 0 Å². The van der Waals surface area contributed by atoms with E-state index in [4.69, 9.17) is 9.47 Å². The highest BCUT2D eigenvalue weighted by Gasteiger charge is 2.13. The van der Waals surface area contributed by atoms with E-state index < -0.39 is 6.10 Å². The van der Waals surface area contributed by atoms with Gasteiger partial charge in [0.25, 0.3) is 0 Å². The Kier molecular flexibility index (Phi) is 41.1. The number of hydrogen-bond donors (Lipinski definition) is 1. The molecule has 0 aliphatic carbocycles. The fourth-order valence-corrected chi connectivity index (χ4v) is 5.64. The van der Waals surface area contributed by atoms with Crippen LogP contribution in [-0.2, 0) is 14.3 Å². The molecule has 1 N–H and O–H groups in total. The van der Waals surface area contributed by atoms with Crippen LogP contribution in [0.3, 0.4) is 0 Å². The van der Waals surface area contributed by atoms with Crippen LogP contribution in [0.15, 0.2) is 72.9 Å². The molecule has 288 valence electrons. The van der Waals surface area contributed by atoms with Crippen LogP contribution in [0.1, 0.15) is 187 Å². The molecule has 0 heterocycles. The standard InChI is InChI=1S/C46H80O4/c1-3-5-7-9-11-13-15-17-19-21-22-23-24-25-26-28-30-32-34-36-38-40-42-49-44-45(43-47)50-46(48)41-39-37-35-33-31-29-27-20-18-16-14-12-10-8-6-4-2/h5,7,11,13-14,16-17,19-20,22-23,27,45,47H,3-4,6,8-10,12,15,18,21,24-26,28-44H2,1-2H3/b7-5-,13-11-,16-14-,19-17-,23-22-,27-20-. The van der Waals surface area contributed by atoms with Gasteiger partial charge in [-0.05, 0) is 83.5 Å². The van der Waals surface area contributed by atoms with Gasteiger partial charge in [-0.25, -0.2) is 0 Å². The molecule has 4 heteroatoms. The average molecular weight is 697 g/mol. The zero-order valence-corrected chi connectivity index (χ0v) is 32.9. The molecule has 0 aromatic heterocycles. The highest BCUT2D eigenvalue weighted by Crippen LogP contribution is 2.12. The molecule has 0 radical (unpaired) electrons. The van der Waals surface area contributed by atoms with E-state index in [1.54, 1.807) is 0 Å². The first-order valence-electron chi connectivity index (χ1n) is 21.0. The van der Waals surface area contributed by atoms with Crippen molar-refractivity contribution >= 4 is 5.97 Å². The van der Waals surface area contributed by atoms with Crippen molar-refractivity contribution in [2.75, 3.05) is 19.8 Å². The van der Waals surface area contributed by atoms with Crippen molar-refractivity contribution in [3.8, 4) is 0 Å². The van der Waals surface area contributed by atoms with Crippen LogP contribution >= 0.6 is 0 Å². The monoisotopic (exact) mass is 697 g/mol. The Morgan fingerprint density at radius 2 is 0.900 bits per heavy atom. The number of rotatable bonds is 38. The van der Waals surface area contributed by atoms with Crippen molar-refractivity contribution in [1.82, 2.24) is 0 Å². The summed E-state index contributed by atoms with van der Waals surface area (Å²) in [5.74, 6) is -0.219. The summed E-state index contributed by atoms with van der Waals surface area (Å²) in [6.07, 6.45) is 58.1. The third-order valence-electron chi connectivity index (χ3n) is 8.77. The summed E-state index contributed by atoms with van der Waals surface area (Å²) in [6.45, 7) is 5.18. The molecule has 0 bridgehead atoms. The Morgan fingerprint density at radius 1 is 0.500 bits per heavy atom. The predicted molar refractivity (Wildman–Crippen MR) is 219 cm³/mol. The van der Waals surface area contributed by atoms with Crippen LogP contribution < -0.4 is 0 Å². The van der Waals surface area contributed by atoms with E-state index in [9.17, 15) is 9.90 Å². The normalized spacial score (nSPS) is 13.1. The Labute approximate surface area is 310 Å². The summed E-state index contributed by atoms with van der Waals surface area (Å²) < 4.78 is 11.1. The molecular formula is C46H80O4. The summed E-state index contributed by atoms with van der Waals surface area (Å²) in [6, 6.07) is 0. The molecular weight excluding hydrogens is 617 g/mol. The first-order valence-corrected chi connectivity index (χ1v) is 21.0. The smallest absolute Gasteiger partial charge is 0.306 e. The number of carbonyl (C=O) groups is 1. The first kappa shape index (κ1) is 47.8. The maximum atomic E-state index is 12.2. The molecule has 0 aromatic rings. The summed E-state index contributed by atoms with van der Waals surface area (Å²) in [4.78, 5) is 12.2. The van der Waals surface area contributed by atoms with Gasteiger partial charge in [-0.3, -0.25) is 4.79 Å². The summed E-state index contributed by atoms with van der Waals surface area (Å²) in [5, 5.41) is 9.59. The Morgan fingerprint density at radius 3 is 1.36 bits per heavy atom. The molecule has 0 aliphatic rings. The summed E-state index contributed by atoms with van der Waals surface area (Å²) in [7, 11) is 0. The van der Waals surface area contributed by atoms with Crippen molar-refractivity contribution in [3.63, 3.8) is 0 Å². The van der Waals surface area contributed by atoms with E-state index in [1.807, 2.05) is 0 Å². The summed E-state index contributed by atoms with van der Waals surface area (Å²) in [5.41, 5.74) is 0. The van der Waals surface area contributed by atoms with E-state index in [2.05, 4.69) is 86.8 Å². The van der Waals surface area contributed by atoms with Gasteiger partial charge in [0.1, 0.15) is 6.10 Å². The second-order valence-corrected chi connectivity index (χ2v) is 13.7. The van der Waals surface area contributed by atoms with Gasteiger partial charge in [0.05, 0.1) is 13.2 Å². The fraction of sp³-hybridized carbons (Fsp3) is 0.717. The molecule has 1 unspecified atom stereocenters. The quantitative estimate of drug-likeness (QED) is 0.0397. The molecule has 0 spiro atoms. The van der Waals surface area contributed by atoms with Crippen molar-refractivity contribution in [2.45, 2.75) is 193 Å². The molecule has 0 fully saturated rings. The van der Waals surface area contributed by atoms with Gasteiger partial charge in [-0.15, -0.1) is 0 Å². The molecule has 1 atom stereocenters. The van der Waals surface area contributed by atoms with Gasteiger partial charge in [0.2, 0.25) is 0 Å². The van der Waals surface area contributed by atoms with Gasteiger partial charge in [-0.2, -0.15) is 0 Å². The van der Waals surface area contributed by atoms with E-state index in [-0.39, 0.29) is 19.2 Å². The SMILES string of the molecule is CC/C=C\C/C=C\C/C=C\C/C=C\CCCCCCCCCCCOCC(CO)OC(=O)CCCCCCC/C=C\C/C=C\CCCCCC. The highest BCUT2D eigenvalue weighted by molar-refractivity contribution is 5.69. The average Bonchev–Trinajstić information content (AvgIpc) is 3.12. The number of aliphatic hydroxyl groups is 1. The van der Waals surface area contributed by atoms with Gasteiger partial charge in [-0.1, -0.05) is 170 Å². The largest absolute Gasteiger partial charge is 0.457 e. The van der Waals surface area contributed by atoms with Gasteiger partial charge in [0.15, 0.2) is 0 Å². The number of aliphatic hydroxyl groups excluding tert-OH is 1. The van der Waals surface area contributed by atoms with Crippen LogP contribution in [0.5, 0.6) is 0 Å². The Hall–Kier alpha value is -2.17. The van der Waals surface area contributed by atoms with Crippen LogP contribution in [-0.4, -0.2) is 37.0 Å². The lowest BCUT2D eigenvalue weighted by Crippen LogP contribution is -2.27. The van der Waals surface area contributed by atoms with Crippen molar-refractivity contribution in [2.24, 2.45) is 0 Å². The first-order chi connectivity index (χ1) is 24.7. The second-order valence-electron chi connectivity index (χ2n) is 13.7. The van der Waals surface area contributed by atoms with Crippen molar-refractivity contribution in [1.29, 1.82) is 0 Å². The van der Waals surface area contributed by atoms with E-state index in [1.165, 1.54) is 103 Å². The molecule has 4 nitrogen and oxygen atoms in total. The highest BCUT2D eigenvalue weighted by atomic mass is 16.6. The minimum atomic E-state index is -0.548. The van der Waals surface area contributed by atoms with Gasteiger partial charge >= 0.3 is 5.97 Å². The molecule has 0 amide bonds. The third kappa shape index (κ3) is 40.3. The van der Waals surface area contributed by atoms with Crippen molar-refractivity contribution < 1.29 is 19.4 Å². The zero-order valence-electron chi connectivity index (χ0n) is 32.9. The Balaban J connectivity index is 3.49. The minimum absolute atomic E-state index is 0.183. The fourth-order valence-electron chi connectivity index (χ4n) is 5.64. The second kappa shape index (κ2) is 43.0. The Bertz CT molecular complexity index is 865. The van der Waals surface area contributed by atoms with Crippen LogP contribution in [0.4, 0.5) is 0 Å². The molecule has 0 saturated carbocycles. The van der Waals surface area contributed by atoms with Crippen LogP contribution in [0.25, 0.3) is 0 Å². The molecule has 0 aromatic carbocycles. The molecule has 0 aliphatic heterocycles. The topological polar surface area (TPSA) is 55.8 Å². The number of unbranched alkanes of at least 4 members (excludes halogenated alkanes) is 18. The lowest BCUT2D eigenvalue weighted by molar-refractivity contribution is -0.154. The third-order valence-corrected chi connectivity index (χ3v) is 8.77. The lowest BCUT2D eigenvalue weighted by atomic mass is 10.1. The number of hydrogen-bond acceptors (Lipinski definition) is 4. The van der Waals surface area contributed by atoms with E-state index in [0.717, 1.165) is 64.2 Å². The number of esters is 1. The minimum Gasteiger partial charge on any atom is -0.457 e.